The molecule has 0 fully saturated rings. The molecular weight excluding hydrogens is 278 g/mol. The van der Waals surface area contributed by atoms with Gasteiger partial charge in [-0.1, -0.05) is 17.7 Å². The van der Waals surface area contributed by atoms with Crippen molar-refractivity contribution >= 4 is 17.5 Å². The third-order valence-corrected chi connectivity index (χ3v) is 3.74. The Morgan fingerprint density at radius 2 is 1.95 bits per heavy atom. The standard InChI is InChI=1S/C15H22ClNO3/c1-10-6-7-11(16)12(8-10)20-9-13(18)17-14(2,3)15(4,5)19/h6-8,19H,9H2,1-5H3,(H,17,18). The fraction of sp³-hybridized carbons (Fsp3) is 0.533. The van der Waals surface area contributed by atoms with E-state index >= 15 is 0 Å². The number of hydrogen-bond donors (Lipinski definition) is 2. The van der Waals surface area contributed by atoms with Gasteiger partial charge in [-0.2, -0.15) is 0 Å². The van der Waals surface area contributed by atoms with E-state index in [1.807, 2.05) is 13.0 Å². The smallest absolute Gasteiger partial charge is 0.258 e. The van der Waals surface area contributed by atoms with Crippen LogP contribution in [0.5, 0.6) is 5.75 Å². The molecule has 0 radical (unpaired) electrons. The molecule has 0 aliphatic carbocycles. The topological polar surface area (TPSA) is 58.6 Å². The Labute approximate surface area is 125 Å². The number of halogens is 1. The van der Waals surface area contributed by atoms with Crippen molar-refractivity contribution in [2.45, 2.75) is 45.8 Å². The molecule has 0 saturated heterocycles. The van der Waals surface area contributed by atoms with Gasteiger partial charge in [-0.15, -0.1) is 0 Å². The van der Waals surface area contributed by atoms with E-state index < -0.39 is 11.1 Å². The Morgan fingerprint density at radius 1 is 1.35 bits per heavy atom. The maximum atomic E-state index is 11.9. The molecule has 1 aromatic rings. The Kier molecular flexibility index (Phi) is 5.05. The lowest BCUT2D eigenvalue weighted by atomic mass is 9.86. The van der Waals surface area contributed by atoms with Gasteiger partial charge < -0.3 is 15.2 Å². The van der Waals surface area contributed by atoms with E-state index in [0.717, 1.165) is 5.56 Å². The average Bonchev–Trinajstić information content (AvgIpc) is 2.28. The number of nitrogens with one attached hydrogen (secondary N) is 1. The van der Waals surface area contributed by atoms with Gasteiger partial charge in [0.2, 0.25) is 0 Å². The molecule has 20 heavy (non-hydrogen) atoms. The number of amides is 1. The van der Waals surface area contributed by atoms with Crippen molar-refractivity contribution in [3.8, 4) is 5.75 Å². The van der Waals surface area contributed by atoms with Gasteiger partial charge >= 0.3 is 0 Å². The third kappa shape index (κ3) is 4.39. The molecule has 2 N–H and O–H groups in total. The predicted octanol–water partition coefficient (Wildman–Crippen LogP) is 2.69. The fourth-order valence-corrected chi connectivity index (χ4v) is 1.57. The summed E-state index contributed by atoms with van der Waals surface area (Å²) < 4.78 is 5.41. The highest BCUT2D eigenvalue weighted by Crippen LogP contribution is 2.25. The number of carbonyl (C=O) groups is 1. The zero-order valence-corrected chi connectivity index (χ0v) is 13.3. The summed E-state index contributed by atoms with van der Waals surface area (Å²) in [5.74, 6) is 0.164. The zero-order chi connectivity index (χ0) is 15.6. The minimum atomic E-state index is -1.04. The molecular formula is C15H22ClNO3. The van der Waals surface area contributed by atoms with E-state index in [2.05, 4.69) is 5.32 Å². The summed E-state index contributed by atoms with van der Waals surface area (Å²) in [6, 6.07) is 5.37. The highest BCUT2D eigenvalue weighted by atomic mass is 35.5. The summed E-state index contributed by atoms with van der Waals surface area (Å²) in [6.45, 7) is 8.57. The van der Waals surface area contributed by atoms with Crippen LogP contribution in [-0.4, -0.2) is 28.8 Å². The van der Waals surface area contributed by atoms with Crippen LogP contribution in [0.2, 0.25) is 5.02 Å². The van der Waals surface area contributed by atoms with Crippen LogP contribution in [0.4, 0.5) is 0 Å². The first kappa shape index (κ1) is 16.8. The second kappa shape index (κ2) is 6.02. The van der Waals surface area contributed by atoms with Gasteiger partial charge in [0.1, 0.15) is 5.75 Å². The number of aryl methyl sites for hydroxylation is 1. The predicted molar refractivity (Wildman–Crippen MR) is 80.2 cm³/mol. The molecule has 0 heterocycles. The third-order valence-electron chi connectivity index (χ3n) is 3.43. The van der Waals surface area contributed by atoms with Crippen LogP contribution in [0.25, 0.3) is 0 Å². The van der Waals surface area contributed by atoms with Crippen LogP contribution in [0, 0.1) is 6.92 Å². The maximum Gasteiger partial charge on any atom is 0.258 e. The number of ether oxygens (including phenoxy) is 1. The van der Waals surface area contributed by atoms with Gasteiger partial charge in [0.05, 0.1) is 16.2 Å². The average molecular weight is 300 g/mol. The Hall–Kier alpha value is -1.26. The van der Waals surface area contributed by atoms with Crippen LogP contribution in [0.15, 0.2) is 18.2 Å². The molecule has 0 saturated carbocycles. The van der Waals surface area contributed by atoms with Crippen LogP contribution >= 0.6 is 11.6 Å². The van der Waals surface area contributed by atoms with Gasteiger partial charge in [0, 0.05) is 0 Å². The molecule has 0 bridgehead atoms. The Balaban J connectivity index is 2.62. The van der Waals surface area contributed by atoms with E-state index in [-0.39, 0.29) is 12.5 Å². The summed E-state index contributed by atoms with van der Waals surface area (Å²) in [5.41, 5.74) is -0.797. The molecule has 0 unspecified atom stereocenters. The summed E-state index contributed by atoms with van der Waals surface area (Å²) in [4.78, 5) is 11.9. The monoisotopic (exact) mass is 299 g/mol. The molecule has 0 aromatic heterocycles. The number of benzene rings is 1. The van der Waals surface area contributed by atoms with E-state index in [4.69, 9.17) is 16.3 Å². The molecule has 0 aliphatic rings. The number of hydrogen-bond acceptors (Lipinski definition) is 3. The van der Waals surface area contributed by atoms with Crippen molar-refractivity contribution in [1.82, 2.24) is 5.32 Å². The van der Waals surface area contributed by atoms with Crippen molar-refractivity contribution in [3.05, 3.63) is 28.8 Å². The molecule has 112 valence electrons. The molecule has 1 amide bonds. The SMILES string of the molecule is Cc1ccc(Cl)c(OCC(=O)NC(C)(C)C(C)(C)O)c1. The molecule has 4 nitrogen and oxygen atoms in total. The maximum absolute atomic E-state index is 11.9. The molecule has 0 spiro atoms. The van der Waals surface area contributed by atoms with Gasteiger partial charge in [0.15, 0.2) is 6.61 Å². The summed E-state index contributed by atoms with van der Waals surface area (Å²) in [6.07, 6.45) is 0. The van der Waals surface area contributed by atoms with Crippen LogP contribution in [0.1, 0.15) is 33.3 Å². The normalized spacial score (nSPS) is 12.2. The lowest BCUT2D eigenvalue weighted by molar-refractivity contribution is -0.128. The number of carbonyl (C=O) groups excluding carboxylic acids is 1. The van der Waals surface area contributed by atoms with E-state index in [1.54, 1.807) is 39.8 Å². The summed E-state index contributed by atoms with van der Waals surface area (Å²) >= 11 is 5.99. The van der Waals surface area contributed by atoms with Gasteiger partial charge in [-0.25, -0.2) is 0 Å². The fourth-order valence-electron chi connectivity index (χ4n) is 1.40. The van der Waals surface area contributed by atoms with Crippen molar-refractivity contribution in [2.24, 2.45) is 0 Å². The van der Waals surface area contributed by atoms with E-state index in [1.165, 1.54) is 0 Å². The number of rotatable bonds is 5. The van der Waals surface area contributed by atoms with Crippen LogP contribution in [0.3, 0.4) is 0 Å². The van der Waals surface area contributed by atoms with Crippen molar-refractivity contribution in [1.29, 1.82) is 0 Å². The highest BCUT2D eigenvalue weighted by molar-refractivity contribution is 6.32. The largest absolute Gasteiger partial charge is 0.482 e. The molecule has 5 heteroatoms. The molecule has 1 rings (SSSR count). The summed E-state index contributed by atoms with van der Waals surface area (Å²) in [7, 11) is 0. The van der Waals surface area contributed by atoms with Crippen LogP contribution in [-0.2, 0) is 4.79 Å². The molecule has 1 aromatic carbocycles. The van der Waals surface area contributed by atoms with Crippen molar-refractivity contribution < 1.29 is 14.6 Å². The van der Waals surface area contributed by atoms with Gasteiger partial charge in [0.25, 0.3) is 5.91 Å². The first-order valence-corrected chi connectivity index (χ1v) is 6.83. The van der Waals surface area contributed by atoms with Crippen molar-refractivity contribution in [3.63, 3.8) is 0 Å². The highest BCUT2D eigenvalue weighted by Gasteiger charge is 2.36. The summed E-state index contributed by atoms with van der Waals surface area (Å²) in [5, 5.41) is 13.2. The second-order valence-corrected chi connectivity index (χ2v) is 6.36. The lowest BCUT2D eigenvalue weighted by Gasteiger charge is -2.37. The van der Waals surface area contributed by atoms with E-state index in [9.17, 15) is 9.90 Å². The van der Waals surface area contributed by atoms with Crippen LogP contribution < -0.4 is 10.1 Å². The van der Waals surface area contributed by atoms with E-state index in [0.29, 0.717) is 10.8 Å². The molecule has 0 atom stereocenters. The van der Waals surface area contributed by atoms with Gasteiger partial charge in [-0.3, -0.25) is 4.79 Å². The molecule has 0 aliphatic heterocycles. The lowest BCUT2D eigenvalue weighted by Crippen LogP contribution is -2.58. The first-order valence-electron chi connectivity index (χ1n) is 6.45. The first-order chi connectivity index (χ1) is 9.03. The Bertz CT molecular complexity index is 492. The number of aliphatic hydroxyl groups is 1. The second-order valence-electron chi connectivity index (χ2n) is 5.95. The van der Waals surface area contributed by atoms with Gasteiger partial charge in [-0.05, 0) is 52.3 Å². The van der Waals surface area contributed by atoms with Crippen molar-refractivity contribution in [2.75, 3.05) is 6.61 Å². The quantitative estimate of drug-likeness (QED) is 0.879. The zero-order valence-electron chi connectivity index (χ0n) is 12.6. The Morgan fingerprint density at radius 3 is 2.50 bits per heavy atom. The minimum absolute atomic E-state index is 0.150. The minimum Gasteiger partial charge on any atom is -0.482 e.